The third-order valence-electron chi connectivity index (χ3n) is 5.39. The van der Waals surface area contributed by atoms with Crippen molar-refractivity contribution in [3.05, 3.63) is 87.2 Å². The summed E-state index contributed by atoms with van der Waals surface area (Å²) in [6.45, 7) is 2.53. The molecule has 8 heteroatoms. The van der Waals surface area contributed by atoms with Crippen LogP contribution in [0.4, 0.5) is 0 Å². The van der Waals surface area contributed by atoms with Gasteiger partial charge in [-0.25, -0.2) is 9.78 Å². The van der Waals surface area contributed by atoms with E-state index in [4.69, 9.17) is 21.6 Å². The SMILES string of the molecule is N#Cc1ccc2c(ccn2-c2cc(Cl)c3c(c2)CN(Cc2cnc(=O)[nH]c2)CCO3)c1. The molecule has 0 aliphatic carbocycles. The van der Waals surface area contributed by atoms with E-state index in [1.807, 2.05) is 36.5 Å². The first-order valence-corrected chi connectivity index (χ1v) is 10.2. The molecule has 154 valence electrons. The Morgan fingerprint density at radius 3 is 2.97 bits per heavy atom. The molecule has 1 aliphatic rings. The number of rotatable bonds is 3. The highest BCUT2D eigenvalue weighted by Gasteiger charge is 2.20. The average Bonchev–Trinajstić information content (AvgIpc) is 3.08. The van der Waals surface area contributed by atoms with Crippen molar-refractivity contribution in [2.75, 3.05) is 13.2 Å². The minimum absolute atomic E-state index is 0.356. The summed E-state index contributed by atoms with van der Waals surface area (Å²) in [7, 11) is 0. The van der Waals surface area contributed by atoms with Crippen LogP contribution >= 0.6 is 11.6 Å². The Bertz CT molecular complexity index is 1360. The summed E-state index contributed by atoms with van der Waals surface area (Å²) >= 11 is 6.61. The Kier molecular flexibility index (Phi) is 4.94. The van der Waals surface area contributed by atoms with Crippen molar-refractivity contribution in [3.63, 3.8) is 0 Å². The lowest BCUT2D eigenvalue weighted by molar-refractivity contribution is 0.219. The molecule has 2 aromatic carbocycles. The van der Waals surface area contributed by atoms with E-state index in [1.54, 1.807) is 12.4 Å². The van der Waals surface area contributed by atoms with Crippen LogP contribution in [0.5, 0.6) is 5.75 Å². The molecule has 7 nitrogen and oxygen atoms in total. The van der Waals surface area contributed by atoms with Crippen LogP contribution in [0.2, 0.25) is 5.02 Å². The van der Waals surface area contributed by atoms with Gasteiger partial charge in [-0.05, 0) is 36.4 Å². The standard InChI is InChI=1S/C23H18ClN5O2/c24-20-9-19(29-4-3-17-7-15(10-25)1-2-21(17)29)8-18-14-28(5-6-31-22(18)20)13-16-11-26-23(30)27-12-16/h1-4,7-9,11-12H,5-6,13-14H2,(H,26,27,30). The van der Waals surface area contributed by atoms with Gasteiger partial charge >= 0.3 is 5.69 Å². The van der Waals surface area contributed by atoms with Gasteiger partial charge in [-0.15, -0.1) is 0 Å². The first kappa shape index (κ1) is 19.4. The van der Waals surface area contributed by atoms with Gasteiger partial charge in [0.1, 0.15) is 12.4 Å². The Balaban J connectivity index is 1.50. The molecule has 0 radical (unpaired) electrons. The number of nitrogens with one attached hydrogen (secondary N) is 1. The summed E-state index contributed by atoms with van der Waals surface area (Å²) < 4.78 is 8.02. The van der Waals surface area contributed by atoms with Crippen LogP contribution < -0.4 is 10.4 Å². The summed E-state index contributed by atoms with van der Waals surface area (Å²) in [4.78, 5) is 19.9. The number of nitrogens with zero attached hydrogens (tertiary/aromatic N) is 4. The Labute approximate surface area is 183 Å². The number of benzene rings is 2. The van der Waals surface area contributed by atoms with Crippen LogP contribution in [-0.4, -0.2) is 32.6 Å². The molecule has 4 aromatic rings. The lowest BCUT2D eigenvalue weighted by Crippen LogP contribution is -2.26. The van der Waals surface area contributed by atoms with E-state index >= 15 is 0 Å². The molecule has 0 spiro atoms. The molecule has 2 aromatic heterocycles. The average molecular weight is 432 g/mol. The molecule has 0 fully saturated rings. The van der Waals surface area contributed by atoms with Crippen molar-refractivity contribution in [1.82, 2.24) is 19.4 Å². The second-order valence-corrected chi connectivity index (χ2v) is 7.88. The van der Waals surface area contributed by atoms with Crippen LogP contribution in [0.25, 0.3) is 16.6 Å². The minimum atomic E-state index is -0.356. The summed E-state index contributed by atoms with van der Waals surface area (Å²) in [5.74, 6) is 0.704. The molecule has 31 heavy (non-hydrogen) atoms. The summed E-state index contributed by atoms with van der Waals surface area (Å²) in [5.41, 5.74) is 4.12. The van der Waals surface area contributed by atoms with E-state index in [2.05, 4.69) is 31.6 Å². The van der Waals surface area contributed by atoms with Gasteiger partial charge in [0.2, 0.25) is 0 Å². The summed E-state index contributed by atoms with van der Waals surface area (Å²) in [6, 6.07) is 13.8. The second-order valence-electron chi connectivity index (χ2n) is 7.47. The zero-order valence-electron chi connectivity index (χ0n) is 16.5. The van der Waals surface area contributed by atoms with Crippen LogP contribution in [0.1, 0.15) is 16.7 Å². The van der Waals surface area contributed by atoms with Gasteiger partial charge in [0.25, 0.3) is 0 Å². The van der Waals surface area contributed by atoms with Crippen molar-refractivity contribution < 1.29 is 4.74 Å². The summed E-state index contributed by atoms with van der Waals surface area (Å²) in [6.07, 6.45) is 5.26. The van der Waals surface area contributed by atoms with E-state index in [0.717, 1.165) is 34.3 Å². The molecule has 0 bridgehead atoms. The Hall–Kier alpha value is -3.60. The van der Waals surface area contributed by atoms with E-state index in [-0.39, 0.29) is 5.69 Å². The molecule has 0 saturated carbocycles. The molecule has 0 amide bonds. The zero-order valence-corrected chi connectivity index (χ0v) is 17.3. The molecule has 0 atom stereocenters. The van der Waals surface area contributed by atoms with Gasteiger partial charge in [-0.1, -0.05) is 11.6 Å². The Morgan fingerprint density at radius 1 is 1.26 bits per heavy atom. The van der Waals surface area contributed by atoms with E-state index in [9.17, 15) is 4.79 Å². The number of aromatic amines is 1. The highest BCUT2D eigenvalue weighted by Crippen LogP contribution is 2.35. The number of ether oxygens (including phenoxy) is 1. The number of hydrogen-bond acceptors (Lipinski definition) is 5. The molecule has 5 rings (SSSR count). The highest BCUT2D eigenvalue weighted by molar-refractivity contribution is 6.32. The zero-order chi connectivity index (χ0) is 21.4. The molecule has 3 heterocycles. The molecule has 0 saturated heterocycles. The van der Waals surface area contributed by atoms with Gasteiger partial charge in [0, 0.05) is 60.4 Å². The normalized spacial score (nSPS) is 13.9. The topological polar surface area (TPSA) is 86.9 Å². The lowest BCUT2D eigenvalue weighted by atomic mass is 10.1. The number of hydrogen-bond donors (Lipinski definition) is 1. The van der Waals surface area contributed by atoms with Gasteiger partial charge in [-0.3, -0.25) is 4.90 Å². The van der Waals surface area contributed by atoms with Crippen molar-refractivity contribution in [1.29, 1.82) is 5.26 Å². The number of fused-ring (bicyclic) bond motifs is 2. The predicted octanol–water partition coefficient (Wildman–Crippen LogP) is 3.63. The maximum Gasteiger partial charge on any atom is 0.344 e. The van der Waals surface area contributed by atoms with Crippen molar-refractivity contribution >= 4 is 22.5 Å². The van der Waals surface area contributed by atoms with E-state index in [1.165, 1.54) is 0 Å². The second kappa shape index (κ2) is 7.91. The van der Waals surface area contributed by atoms with Crippen molar-refractivity contribution in [3.8, 4) is 17.5 Å². The third kappa shape index (κ3) is 3.79. The van der Waals surface area contributed by atoms with Crippen LogP contribution in [0.3, 0.4) is 0 Å². The largest absolute Gasteiger partial charge is 0.490 e. The fourth-order valence-corrected chi connectivity index (χ4v) is 4.22. The van der Waals surface area contributed by atoms with E-state index < -0.39 is 0 Å². The molecular weight excluding hydrogens is 414 g/mol. The third-order valence-corrected chi connectivity index (χ3v) is 5.67. The van der Waals surface area contributed by atoms with E-state index in [0.29, 0.717) is 36.0 Å². The lowest BCUT2D eigenvalue weighted by Gasteiger charge is -2.19. The predicted molar refractivity (Wildman–Crippen MR) is 117 cm³/mol. The van der Waals surface area contributed by atoms with Crippen LogP contribution in [-0.2, 0) is 13.1 Å². The van der Waals surface area contributed by atoms with Gasteiger partial charge in [-0.2, -0.15) is 5.26 Å². The fourth-order valence-electron chi connectivity index (χ4n) is 3.94. The number of halogens is 1. The Morgan fingerprint density at radius 2 is 2.16 bits per heavy atom. The summed E-state index contributed by atoms with van der Waals surface area (Å²) in [5, 5.41) is 10.7. The minimum Gasteiger partial charge on any atom is -0.490 e. The molecule has 0 unspecified atom stereocenters. The van der Waals surface area contributed by atoms with Crippen molar-refractivity contribution in [2.45, 2.75) is 13.1 Å². The number of H-pyrrole nitrogens is 1. The molecule has 1 N–H and O–H groups in total. The highest BCUT2D eigenvalue weighted by atomic mass is 35.5. The van der Waals surface area contributed by atoms with Crippen molar-refractivity contribution in [2.24, 2.45) is 0 Å². The van der Waals surface area contributed by atoms with Gasteiger partial charge in [0.05, 0.1) is 22.2 Å². The maximum atomic E-state index is 11.2. The quantitative estimate of drug-likeness (QED) is 0.535. The van der Waals surface area contributed by atoms with Gasteiger partial charge in [0.15, 0.2) is 0 Å². The fraction of sp³-hybridized carbons (Fsp3) is 0.174. The first-order valence-electron chi connectivity index (χ1n) is 9.83. The number of nitriles is 1. The number of aromatic nitrogens is 3. The monoisotopic (exact) mass is 431 g/mol. The molecule has 1 aliphatic heterocycles. The first-order chi connectivity index (χ1) is 15.1. The van der Waals surface area contributed by atoms with Gasteiger partial charge < -0.3 is 14.3 Å². The maximum absolute atomic E-state index is 11.2. The molecular formula is C23H18ClN5O2. The van der Waals surface area contributed by atoms with Crippen LogP contribution in [0.15, 0.2) is 59.8 Å². The smallest absolute Gasteiger partial charge is 0.344 e. The van der Waals surface area contributed by atoms with Crippen LogP contribution in [0, 0.1) is 11.3 Å².